The van der Waals surface area contributed by atoms with Crippen LogP contribution in [0.4, 0.5) is 0 Å². The van der Waals surface area contributed by atoms with Gasteiger partial charge >= 0.3 is 0 Å². The predicted octanol–water partition coefficient (Wildman–Crippen LogP) is -0.202. The minimum absolute atomic E-state index is 0.449. The molecule has 0 aromatic rings. The lowest BCUT2D eigenvalue weighted by Gasteiger charge is -2.26. The van der Waals surface area contributed by atoms with E-state index in [1.165, 1.54) is 12.2 Å². The zero-order valence-electron chi connectivity index (χ0n) is 7.68. The molecule has 0 spiro atoms. The maximum Gasteiger partial charge on any atom is 0.164 e. The second-order valence-electron chi connectivity index (χ2n) is 3.93. The molecule has 2 rings (SSSR count). The van der Waals surface area contributed by atoms with Crippen molar-refractivity contribution in [3.8, 4) is 0 Å². The molecule has 0 unspecified atom stereocenters. The van der Waals surface area contributed by atoms with Crippen LogP contribution in [0.25, 0.3) is 0 Å². The summed E-state index contributed by atoms with van der Waals surface area (Å²) in [5.41, 5.74) is 0. The van der Waals surface area contributed by atoms with Gasteiger partial charge in [0.25, 0.3) is 0 Å². The van der Waals surface area contributed by atoms with Gasteiger partial charge in [-0.15, -0.1) is 0 Å². The van der Waals surface area contributed by atoms with E-state index in [4.69, 9.17) is 9.47 Å². The molecular weight excluding hydrogens is 172 g/mol. The van der Waals surface area contributed by atoms with E-state index in [0.717, 1.165) is 0 Å². The molecule has 13 heavy (non-hydrogen) atoms. The van der Waals surface area contributed by atoms with Crippen LogP contribution in [0.3, 0.4) is 0 Å². The maximum atomic E-state index is 9.53. The van der Waals surface area contributed by atoms with Crippen LogP contribution in [0, 0.1) is 0 Å². The third-order valence-corrected chi connectivity index (χ3v) is 2.34. The summed E-state index contributed by atoms with van der Waals surface area (Å²) in [5.74, 6) is -0.719. The smallest absolute Gasteiger partial charge is 0.164 e. The van der Waals surface area contributed by atoms with Crippen LogP contribution in [0.1, 0.15) is 13.8 Å². The lowest BCUT2D eigenvalue weighted by molar-refractivity contribution is -0.155. The summed E-state index contributed by atoms with van der Waals surface area (Å²) < 4.78 is 10.9. The van der Waals surface area contributed by atoms with Gasteiger partial charge < -0.3 is 19.7 Å². The van der Waals surface area contributed by atoms with Crippen molar-refractivity contribution in [2.24, 2.45) is 0 Å². The zero-order chi connectivity index (χ0) is 9.64. The van der Waals surface area contributed by atoms with Crippen molar-refractivity contribution in [1.82, 2.24) is 0 Å². The fourth-order valence-electron chi connectivity index (χ4n) is 1.79. The molecule has 1 heterocycles. The molecule has 74 valence electrons. The topological polar surface area (TPSA) is 58.9 Å². The highest BCUT2D eigenvalue weighted by molar-refractivity contribution is 5.10. The summed E-state index contributed by atoms with van der Waals surface area (Å²) in [5, 5.41) is 19.1. The summed E-state index contributed by atoms with van der Waals surface area (Å²) in [6.45, 7) is 3.54. The van der Waals surface area contributed by atoms with Gasteiger partial charge in [0.2, 0.25) is 0 Å². The molecule has 4 nitrogen and oxygen atoms in total. The van der Waals surface area contributed by atoms with E-state index in [0.29, 0.717) is 0 Å². The first kappa shape index (κ1) is 9.15. The van der Waals surface area contributed by atoms with Gasteiger partial charge in [0, 0.05) is 0 Å². The van der Waals surface area contributed by atoms with Crippen LogP contribution in [-0.4, -0.2) is 40.4 Å². The molecule has 4 heteroatoms. The average molecular weight is 186 g/mol. The van der Waals surface area contributed by atoms with Crippen LogP contribution in [0.5, 0.6) is 0 Å². The van der Waals surface area contributed by atoms with E-state index in [9.17, 15) is 10.2 Å². The lowest BCUT2D eigenvalue weighted by atomic mass is 9.97. The molecule has 1 fully saturated rings. The van der Waals surface area contributed by atoms with Crippen molar-refractivity contribution in [2.45, 2.75) is 44.1 Å². The monoisotopic (exact) mass is 186 g/mol. The van der Waals surface area contributed by atoms with Crippen molar-refractivity contribution in [1.29, 1.82) is 0 Å². The molecule has 0 aromatic carbocycles. The van der Waals surface area contributed by atoms with Crippen LogP contribution >= 0.6 is 0 Å². The van der Waals surface area contributed by atoms with Crippen molar-refractivity contribution in [2.75, 3.05) is 0 Å². The van der Waals surface area contributed by atoms with Gasteiger partial charge in [0.1, 0.15) is 24.4 Å². The molecule has 1 saturated heterocycles. The highest BCUT2D eigenvalue weighted by atomic mass is 16.8. The molecule has 2 N–H and O–H groups in total. The molecule has 1 aliphatic heterocycles. The highest BCUT2D eigenvalue weighted by Gasteiger charge is 2.48. The molecule has 4 atom stereocenters. The zero-order valence-corrected chi connectivity index (χ0v) is 7.68. The van der Waals surface area contributed by atoms with Crippen LogP contribution < -0.4 is 0 Å². The maximum absolute atomic E-state index is 9.53. The first-order chi connectivity index (χ1) is 5.99. The summed E-state index contributed by atoms with van der Waals surface area (Å²) in [7, 11) is 0. The number of aliphatic hydroxyl groups is 2. The van der Waals surface area contributed by atoms with Crippen LogP contribution in [0.2, 0.25) is 0 Å². The Morgan fingerprint density at radius 1 is 1.00 bits per heavy atom. The van der Waals surface area contributed by atoms with Crippen molar-refractivity contribution >= 4 is 0 Å². The Balaban J connectivity index is 2.21. The first-order valence-corrected chi connectivity index (χ1v) is 4.40. The molecule has 0 aromatic heterocycles. The van der Waals surface area contributed by atoms with Gasteiger partial charge in [-0.05, 0) is 13.8 Å². The van der Waals surface area contributed by atoms with E-state index in [1.807, 2.05) is 0 Å². The standard InChI is InChI=1S/C9H14O4/c1-9(2)12-7-5(10)3-4-6(11)8(7)13-9/h3-8,10-11H,1-2H3/t5-,6-,7-,8-/m1/s1. The Hall–Kier alpha value is -0.420. The van der Waals surface area contributed by atoms with Gasteiger partial charge in [0.15, 0.2) is 5.79 Å². The third kappa shape index (κ3) is 1.50. The minimum Gasteiger partial charge on any atom is -0.386 e. The Morgan fingerprint density at radius 2 is 1.38 bits per heavy atom. The molecule has 0 amide bonds. The predicted molar refractivity (Wildman–Crippen MR) is 45.0 cm³/mol. The Bertz CT molecular complexity index is 214. The first-order valence-electron chi connectivity index (χ1n) is 4.40. The fraction of sp³-hybridized carbons (Fsp3) is 0.778. The number of ether oxygens (including phenoxy) is 2. The third-order valence-electron chi connectivity index (χ3n) is 2.34. The quantitative estimate of drug-likeness (QED) is 0.514. The number of aliphatic hydroxyl groups excluding tert-OH is 2. The number of hydrogen-bond acceptors (Lipinski definition) is 4. The molecule has 1 aliphatic carbocycles. The number of fused-ring (bicyclic) bond motifs is 1. The Morgan fingerprint density at radius 3 is 1.77 bits per heavy atom. The van der Waals surface area contributed by atoms with E-state index in [-0.39, 0.29) is 0 Å². The Labute approximate surface area is 76.8 Å². The van der Waals surface area contributed by atoms with Gasteiger partial charge in [-0.1, -0.05) is 12.2 Å². The van der Waals surface area contributed by atoms with Gasteiger partial charge in [-0.25, -0.2) is 0 Å². The molecule has 0 bridgehead atoms. The normalized spacial score (nSPS) is 47.7. The summed E-state index contributed by atoms with van der Waals surface area (Å²) in [6.07, 6.45) is 0.808. The van der Waals surface area contributed by atoms with Crippen molar-refractivity contribution in [3.63, 3.8) is 0 Å². The van der Waals surface area contributed by atoms with E-state index in [2.05, 4.69) is 0 Å². The number of rotatable bonds is 0. The second kappa shape index (κ2) is 2.78. The largest absolute Gasteiger partial charge is 0.386 e. The van der Waals surface area contributed by atoms with Crippen LogP contribution in [0.15, 0.2) is 12.2 Å². The lowest BCUT2D eigenvalue weighted by Crippen LogP contribution is -2.44. The summed E-state index contributed by atoms with van der Waals surface area (Å²) in [4.78, 5) is 0. The van der Waals surface area contributed by atoms with Crippen molar-refractivity contribution < 1.29 is 19.7 Å². The second-order valence-corrected chi connectivity index (χ2v) is 3.93. The van der Waals surface area contributed by atoms with Crippen molar-refractivity contribution in [3.05, 3.63) is 12.2 Å². The Kier molecular flexibility index (Phi) is 1.96. The highest BCUT2D eigenvalue weighted by Crippen LogP contribution is 2.34. The van der Waals surface area contributed by atoms with E-state index in [1.54, 1.807) is 13.8 Å². The molecule has 0 saturated carbocycles. The molecule has 0 radical (unpaired) electrons. The summed E-state index contributed by atoms with van der Waals surface area (Å²) in [6, 6.07) is 0. The van der Waals surface area contributed by atoms with Gasteiger partial charge in [-0.2, -0.15) is 0 Å². The van der Waals surface area contributed by atoms with Gasteiger partial charge in [-0.3, -0.25) is 0 Å². The van der Waals surface area contributed by atoms with Gasteiger partial charge in [0.05, 0.1) is 0 Å². The molecule has 2 aliphatic rings. The minimum atomic E-state index is -0.719. The molecular formula is C9H14O4. The fourth-order valence-corrected chi connectivity index (χ4v) is 1.79. The SMILES string of the molecule is CC1(C)O[C@H]2[C@H](O1)[C@H](O)C=C[C@H]2O. The van der Waals surface area contributed by atoms with E-state index < -0.39 is 30.2 Å². The van der Waals surface area contributed by atoms with E-state index >= 15 is 0 Å². The summed E-state index contributed by atoms with van der Waals surface area (Å²) >= 11 is 0. The average Bonchev–Trinajstić information content (AvgIpc) is 2.35. The van der Waals surface area contributed by atoms with Crippen LogP contribution in [-0.2, 0) is 9.47 Å². The number of hydrogen-bond donors (Lipinski definition) is 2.